The molecular weight excluding hydrogens is 486 g/mol. The number of sulfone groups is 2. The molecule has 0 spiro atoms. The first-order chi connectivity index (χ1) is 16.7. The number of aromatic nitrogens is 3. The largest absolute Gasteiger partial charge is 0.323 e. The van der Waals surface area contributed by atoms with E-state index in [9.17, 15) is 16.8 Å². The van der Waals surface area contributed by atoms with Crippen molar-refractivity contribution in [1.29, 1.82) is 0 Å². The van der Waals surface area contributed by atoms with Gasteiger partial charge >= 0.3 is 0 Å². The molecule has 1 aliphatic heterocycles. The van der Waals surface area contributed by atoms with Crippen molar-refractivity contribution in [3.05, 3.63) is 72.4 Å². The zero-order valence-corrected chi connectivity index (χ0v) is 20.8. The van der Waals surface area contributed by atoms with Gasteiger partial charge in [-0.2, -0.15) is 0 Å². The lowest BCUT2D eigenvalue weighted by molar-refractivity contribution is 0.287. The molecule has 9 nitrogen and oxygen atoms in total. The standard InChI is InChI=1S/C24H25N5O4S2/c1-34(30,31)22-4-2-3-19(15-22)23-10-9-21-16-25-24(27-29(21)23)26-20-7-5-18(6-8-20)17-28-11-13-35(32,33)14-12-28/h2-10,15-16H,11-14,17H2,1H3,(H,26,27). The molecule has 2 aromatic heterocycles. The maximum atomic E-state index is 12.0. The van der Waals surface area contributed by atoms with Gasteiger partial charge in [0, 0.05) is 37.1 Å². The molecule has 0 saturated carbocycles. The van der Waals surface area contributed by atoms with Crippen molar-refractivity contribution in [2.75, 3.05) is 36.2 Å². The molecule has 1 N–H and O–H groups in total. The first kappa shape index (κ1) is 23.5. The van der Waals surface area contributed by atoms with Crippen LogP contribution in [0.25, 0.3) is 16.8 Å². The van der Waals surface area contributed by atoms with E-state index in [1.807, 2.05) is 42.5 Å². The highest BCUT2D eigenvalue weighted by molar-refractivity contribution is 7.91. The molecule has 0 atom stereocenters. The molecule has 11 heteroatoms. The Morgan fingerprint density at radius 1 is 1.00 bits per heavy atom. The third kappa shape index (κ3) is 5.37. The maximum absolute atomic E-state index is 12.0. The highest BCUT2D eigenvalue weighted by Crippen LogP contribution is 2.25. The molecule has 2 aromatic carbocycles. The van der Waals surface area contributed by atoms with Crippen LogP contribution >= 0.6 is 0 Å². The van der Waals surface area contributed by atoms with Gasteiger partial charge in [-0.3, -0.25) is 4.90 Å². The summed E-state index contributed by atoms with van der Waals surface area (Å²) >= 11 is 0. The second-order valence-electron chi connectivity index (χ2n) is 8.69. The molecule has 35 heavy (non-hydrogen) atoms. The lowest BCUT2D eigenvalue weighted by Crippen LogP contribution is -2.39. The van der Waals surface area contributed by atoms with Crippen LogP contribution in [-0.2, 0) is 26.2 Å². The Hall–Kier alpha value is -3.28. The normalized spacial score (nSPS) is 16.4. The summed E-state index contributed by atoms with van der Waals surface area (Å²) in [5.74, 6) is 0.835. The quantitative estimate of drug-likeness (QED) is 0.420. The van der Waals surface area contributed by atoms with Crippen molar-refractivity contribution in [3.8, 4) is 11.3 Å². The Balaban J connectivity index is 1.33. The van der Waals surface area contributed by atoms with Crippen LogP contribution in [0.1, 0.15) is 5.56 Å². The Morgan fingerprint density at radius 2 is 1.74 bits per heavy atom. The fourth-order valence-electron chi connectivity index (χ4n) is 4.05. The van der Waals surface area contributed by atoms with Crippen molar-refractivity contribution in [3.63, 3.8) is 0 Å². The lowest BCUT2D eigenvalue weighted by atomic mass is 10.2. The van der Waals surface area contributed by atoms with E-state index >= 15 is 0 Å². The second kappa shape index (κ2) is 9.06. The number of rotatable bonds is 6. The minimum Gasteiger partial charge on any atom is -0.323 e. The Bertz CT molecular complexity index is 1580. The molecule has 1 saturated heterocycles. The summed E-state index contributed by atoms with van der Waals surface area (Å²) in [6.45, 7) is 1.82. The predicted octanol–water partition coefficient (Wildman–Crippen LogP) is 2.77. The Morgan fingerprint density at radius 3 is 2.46 bits per heavy atom. The number of fused-ring (bicyclic) bond motifs is 1. The minimum absolute atomic E-state index is 0.215. The first-order valence-corrected chi connectivity index (χ1v) is 14.8. The van der Waals surface area contributed by atoms with E-state index < -0.39 is 19.7 Å². The topological polar surface area (TPSA) is 114 Å². The summed E-state index contributed by atoms with van der Waals surface area (Å²) in [6, 6.07) is 18.4. The third-order valence-corrected chi connectivity index (χ3v) is 8.73. The number of anilines is 2. The zero-order valence-electron chi connectivity index (χ0n) is 19.1. The van der Waals surface area contributed by atoms with Crippen LogP contribution in [0.5, 0.6) is 0 Å². The van der Waals surface area contributed by atoms with Crippen molar-refractivity contribution >= 4 is 36.8 Å². The maximum Gasteiger partial charge on any atom is 0.245 e. The van der Waals surface area contributed by atoms with Crippen molar-refractivity contribution < 1.29 is 16.8 Å². The summed E-state index contributed by atoms with van der Waals surface area (Å²) in [5, 5.41) is 7.82. The number of hydrogen-bond donors (Lipinski definition) is 1. The van der Waals surface area contributed by atoms with E-state index in [1.165, 1.54) is 6.26 Å². The Kier molecular flexibility index (Phi) is 6.07. The van der Waals surface area contributed by atoms with Gasteiger partial charge in [0.15, 0.2) is 19.7 Å². The van der Waals surface area contributed by atoms with Crippen LogP contribution in [0.2, 0.25) is 0 Å². The van der Waals surface area contributed by atoms with E-state index in [-0.39, 0.29) is 16.4 Å². The fraction of sp³-hybridized carbons (Fsp3) is 0.250. The van der Waals surface area contributed by atoms with Gasteiger partial charge in [-0.25, -0.2) is 26.3 Å². The number of benzene rings is 2. The van der Waals surface area contributed by atoms with Crippen LogP contribution in [0.3, 0.4) is 0 Å². The van der Waals surface area contributed by atoms with E-state index in [2.05, 4.69) is 20.3 Å². The summed E-state index contributed by atoms with van der Waals surface area (Å²) in [6.07, 6.45) is 2.90. The molecule has 5 rings (SSSR count). The Labute approximate surface area is 204 Å². The summed E-state index contributed by atoms with van der Waals surface area (Å²) in [5.41, 5.74) is 4.21. The van der Waals surface area contributed by atoms with Crippen LogP contribution in [0.15, 0.2) is 71.8 Å². The molecule has 0 aliphatic carbocycles. The van der Waals surface area contributed by atoms with Gasteiger partial charge in [-0.05, 0) is 42.0 Å². The minimum atomic E-state index is -3.32. The SMILES string of the molecule is CS(=O)(=O)c1cccc(-c2ccc3cnc(Nc4ccc(CN5CCS(=O)(=O)CC5)cc4)nn23)c1. The lowest BCUT2D eigenvalue weighted by Gasteiger charge is -2.26. The van der Waals surface area contributed by atoms with Gasteiger partial charge in [0.25, 0.3) is 0 Å². The molecule has 0 radical (unpaired) electrons. The molecule has 1 aliphatic rings. The van der Waals surface area contributed by atoms with Crippen molar-refractivity contribution in [2.24, 2.45) is 0 Å². The summed E-state index contributed by atoms with van der Waals surface area (Å²) in [4.78, 5) is 6.79. The van der Waals surface area contributed by atoms with Gasteiger partial charge in [0.2, 0.25) is 5.95 Å². The van der Waals surface area contributed by atoms with Crippen molar-refractivity contribution in [1.82, 2.24) is 19.5 Å². The predicted molar refractivity (Wildman–Crippen MR) is 135 cm³/mol. The molecule has 3 heterocycles. The third-order valence-electron chi connectivity index (χ3n) is 6.01. The monoisotopic (exact) mass is 511 g/mol. The first-order valence-electron chi connectivity index (χ1n) is 11.1. The summed E-state index contributed by atoms with van der Waals surface area (Å²) < 4.78 is 48.9. The summed E-state index contributed by atoms with van der Waals surface area (Å²) in [7, 11) is -6.21. The van der Waals surface area contributed by atoms with Crippen LogP contribution in [-0.4, -0.2) is 67.2 Å². The van der Waals surface area contributed by atoms with Gasteiger partial charge in [0.05, 0.1) is 33.8 Å². The number of hydrogen-bond acceptors (Lipinski definition) is 8. The van der Waals surface area contributed by atoms with Gasteiger partial charge in [-0.15, -0.1) is 5.10 Å². The smallest absolute Gasteiger partial charge is 0.245 e. The van der Waals surface area contributed by atoms with Crippen molar-refractivity contribution in [2.45, 2.75) is 11.4 Å². The van der Waals surface area contributed by atoms with Crippen LogP contribution < -0.4 is 5.32 Å². The zero-order chi connectivity index (χ0) is 24.6. The highest BCUT2D eigenvalue weighted by Gasteiger charge is 2.21. The fourth-order valence-corrected chi connectivity index (χ4v) is 6.00. The molecule has 1 fully saturated rings. The average Bonchev–Trinajstić information content (AvgIpc) is 3.25. The molecule has 0 bridgehead atoms. The van der Waals surface area contributed by atoms with Gasteiger partial charge < -0.3 is 5.32 Å². The van der Waals surface area contributed by atoms with Crippen LogP contribution in [0, 0.1) is 0 Å². The van der Waals surface area contributed by atoms with E-state index in [0.717, 1.165) is 28.0 Å². The average molecular weight is 512 g/mol. The van der Waals surface area contributed by atoms with Crippen LogP contribution in [0.4, 0.5) is 11.6 Å². The second-order valence-corrected chi connectivity index (χ2v) is 13.0. The van der Waals surface area contributed by atoms with E-state index in [1.54, 1.807) is 28.9 Å². The molecule has 0 amide bonds. The van der Waals surface area contributed by atoms with Gasteiger partial charge in [0.1, 0.15) is 0 Å². The van der Waals surface area contributed by atoms with Gasteiger partial charge in [-0.1, -0.05) is 24.3 Å². The molecule has 4 aromatic rings. The van der Waals surface area contributed by atoms with E-state index in [4.69, 9.17) is 0 Å². The molecular formula is C24H25N5O4S2. The number of nitrogens with zero attached hydrogens (tertiary/aromatic N) is 4. The highest BCUT2D eigenvalue weighted by atomic mass is 32.2. The molecule has 0 unspecified atom stereocenters. The molecule has 182 valence electrons. The van der Waals surface area contributed by atoms with E-state index in [0.29, 0.717) is 25.6 Å². The number of nitrogens with one attached hydrogen (secondary N) is 1.